The molecule has 1 aliphatic heterocycles. The molecule has 1 aliphatic rings. The van der Waals surface area contributed by atoms with Gasteiger partial charge in [0.2, 0.25) is 0 Å². The van der Waals surface area contributed by atoms with Crippen molar-refractivity contribution in [2.24, 2.45) is 0 Å². The Morgan fingerprint density at radius 2 is 1.21 bits per heavy atom. The van der Waals surface area contributed by atoms with Crippen molar-refractivity contribution in [3.8, 4) is 0 Å². The maximum absolute atomic E-state index is 11.8. The van der Waals surface area contributed by atoms with E-state index in [0.29, 0.717) is 25.7 Å². The van der Waals surface area contributed by atoms with Gasteiger partial charge < -0.3 is 37.9 Å². The van der Waals surface area contributed by atoms with Crippen molar-refractivity contribution in [3.63, 3.8) is 0 Å². The van der Waals surface area contributed by atoms with Gasteiger partial charge in [-0.1, -0.05) is 0 Å². The average Bonchev–Trinajstić information content (AvgIpc) is 2.71. The third-order valence-electron chi connectivity index (χ3n) is 4.05. The molecule has 0 bridgehead atoms. The molecule has 0 N–H and O–H groups in total. The van der Waals surface area contributed by atoms with Gasteiger partial charge in [0.25, 0.3) is 0 Å². The smallest absolute Gasteiger partial charge is 0.303 e. The van der Waals surface area contributed by atoms with Crippen LogP contribution in [0.5, 0.6) is 0 Å². The molecule has 1 rings (SSSR count). The van der Waals surface area contributed by atoms with Crippen molar-refractivity contribution in [2.75, 3.05) is 45.5 Å². The minimum atomic E-state index is -1.28. The number of carbonyl (C=O) groups is 4. The van der Waals surface area contributed by atoms with Gasteiger partial charge in [0.1, 0.15) is 12.7 Å². The van der Waals surface area contributed by atoms with E-state index in [-0.39, 0.29) is 19.8 Å². The van der Waals surface area contributed by atoms with Gasteiger partial charge in [-0.2, -0.15) is 0 Å². The lowest BCUT2D eigenvalue weighted by atomic mass is 9.98. The first kappa shape index (κ1) is 29.0. The van der Waals surface area contributed by atoms with E-state index < -0.39 is 54.6 Å². The highest BCUT2D eigenvalue weighted by Gasteiger charge is 2.52. The fourth-order valence-corrected chi connectivity index (χ4v) is 3.03. The first-order valence-electron chi connectivity index (χ1n) is 10.3. The van der Waals surface area contributed by atoms with Crippen molar-refractivity contribution >= 4 is 35.5 Å². The van der Waals surface area contributed by atoms with Crippen LogP contribution in [0, 0.1) is 0 Å². The number of hydrogen-bond donors (Lipinski definition) is 0. The number of esters is 4. The maximum Gasteiger partial charge on any atom is 0.303 e. The molecule has 0 spiro atoms. The van der Waals surface area contributed by atoms with Crippen LogP contribution < -0.4 is 0 Å². The Hall–Kier alpha value is -1.99. The van der Waals surface area contributed by atoms with Gasteiger partial charge in [-0.05, 0) is 0 Å². The molecule has 5 atom stereocenters. The summed E-state index contributed by atoms with van der Waals surface area (Å²) in [7, 11) is 0. The van der Waals surface area contributed by atoms with E-state index >= 15 is 0 Å². The summed E-state index contributed by atoms with van der Waals surface area (Å²) in [6, 6.07) is 0. The second-order valence-electron chi connectivity index (χ2n) is 6.85. The van der Waals surface area contributed by atoms with Crippen molar-refractivity contribution < 1.29 is 57.1 Å². The Labute approximate surface area is 197 Å². The van der Waals surface area contributed by atoms with E-state index in [1.807, 2.05) is 0 Å². The molecule has 0 aromatic carbocycles. The topological polar surface area (TPSA) is 142 Å². The molecule has 0 aromatic rings. The minimum Gasteiger partial charge on any atom is -0.463 e. The number of ether oxygens (including phenoxy) is 8. The molecule has 0 unspecified atom stereocenters. The Morgan fingerprint density at radius 1 is 0.697 bits per heavy atom. The fraction of sp³-hybridized carbons (Fsp3) is 0.800. The summed E-state index contributed by atoms with van der Waals surface area (Å²) in [6.45, 7) is 5.53. The van der Waals surface area contributed by atoms with Gasteiger partial charge in [-0.15, -0.1) is 11.6 Å². The summed E-state index contributed by atoms with van der Waals surface area (Å²) in [5, 5.41) is 0. The molecule has 12 nitrogen and oxygen atoms in total. The largest absolute Gasteiger partial charge is 0.463 e. The summed E-state index contributed by atoms with van der Waals surface area (Å²) >= 11 is 5.51. The molecule has 0 amide bonds. The van der Waals surface area contributed by atoms with Crippen LogP contribution >= 0.6 is 11.6 Å². The Bertz CT molecular complexity index is 643. The summed E-state index contributed by atoms with van der Waals surface area (Å²) < 4.78 is 42.9. The second kappa shape index (κ2) is 15.8. The standard InChI is InChI=1S/C20H31ClO12/c1-12(22)29-11-16-17(30-13(2)23)18(31-14(3)24)19(32-15(4)25)20(33-16)28-10-9-27-8-7-26-6-5-21/h16-20H,5-11H2,1-4H3/t16-,17+,18+,19-,20+/m1/s1. The van der Waals surface area contributed by atoms with E-state index in [9.17, 15) is 19.2 Å². The number of alkyl halides is 1. The first-order chi connectivity index (χ1) is 15.6. The number of carbonyl (C=O) groups excluding carboxylic acids is 4. The minimum absolute atomic E-state index is 0.0171. The van der Waals surface area contributed by atoms with Crippen LogP contribution in [0.25, 0.3) is 0 Å². The van der Waals surface area contributed by atoms with Crippen LogP contribution in [0.4, 0.5) is 0 Å². The third-order valence-corrected chi connectivity index (χ3v) is 4.21. The van der Waals surface area contributed by atoms with E-state index in [1.54, 1.807) is 0 Å². The van der Waals surface area contributed by atoms with Gasteiger partial charge in [0.15, 0.2) is 24.6 Å². The third kappa shape index (κ3) is 11.6. The SMILES string of the molecule is CC(=O)OC[C@H]1O[C@H](OCCOCCOCCCl)[C@H](OC(C)=O)[C@@H](OC(C)=O)[C@H]1OC(C)=O. The van der Waals surface area contributed by atoms with Gasteiger partial charge in [-0.3, -0.25) is 19.2 Å². The molecular formula is C20H31ClO12. The van der Waals surface area contributed by atoms with E-state index in [1.165, 1.54) is 6.92 Å². The van der Waals surface area contributed by atoms with Gasteiger partial charge in [0, 0.05) is 33.6 Å². The summed E-state index contributed by atoms with van der Waals surface area (Å²) in [4.78, 5) is 46.4. The predicted molar refractivity (Wildman–Crippen MR) is 110 cm³/mol. The lowest BCUT2D eigenvalue weighted by Crippen LogP contribution is -2.63. The Balaban J connectivity index is 2.95. The Kier molecular flexibility index (Phi) is 13.9. The molecule has 1 heterocycles. The molecule has 0 aromatic heterocycles. The van der Waals surface area contributed by atoms with E-state index in [2.05, 4.69) is 0 Å². The fourth-order valence-electron chi connectivity index (χ4n) is 2.92. The molecule has 0 saturated carbocycles. The van der Waals surface area contributed by atoms with Crippen LogP contribution in [0.15, 0.2) is 0 Å². The second-order valence-corrected chi connectivity index (χ2v) is 7.23. The summed E-state index contributed by atoms with van der Waals surface area (Å²) in [5.41, 5.74) is 0. The molecule has 1 fully saturated rings. The van der Waals surface area contributed by atoms with E-state index in [0.717, 1.165) is 20.8 Å². The van der Waals surface area contributed by atoms with Crippen LogP contribution in [0.3, 0.4) is 0 Å². The number of halogens is 1. The molecule has 0 aliphatic carbocycles. The zero-order chi connectivity index (χ0) is 24.8. The predicted octanol–water partition coefficient (Wildman–Crippen LogP) is 0.358. The normalized spacial score (nSPS) is 24.6. The zero-order valence-corrected chi connectivity index (χ0v) is 19.9. The molecular weight excluding hydrogens is 468 g/mol. The number of hydrogen-bond acceptors (Lipinski definition) is 12. The maximum atomic E-state index is 11.8. The quantitative estimate of drug-likeness (QED) is 0.141. The van der Waals surface area contributed by atoms with Crippen molar-refractivity contribution in [2.45, 2.75) is 58.4 Å². The average molecular weight is 499 g/mol. The number of rotatable bonds is 14. The van der Waals surface area contributed by atoms with Crippen LogP contribution in [0.1, 0.15) is 27.7 Å². The summed E-state index contributed by atoms with van der Waals surface area (Å²) in [5.74, 6) is -2.36. The van der Waals surface area contributed by atoms with Gasteiger partial charge in [0.05, 0.1) is 33.0 Å². The van der Waals surface area contributed by atoms with Crippen molar-refractivity contribution in [3.05, 3.63) is 0 Å². The first-order valence-corrected chi connectivity index (χ1v) is 10.8. The lowest BCUT2D eigenvalue weighted by Gasteiger charge is -2.44. The summed E-state index contributed by atoms with van der Waals surface area (Å²) in [6.07, 6.45) is -6.08. The lowest BCUT2D eigenvalue weighted by molar-refractivity contribution is -0.309. The molecule has 33 heavy (non-hydrogen) atoms. The Morgan fingerprint density at radius 3 is 1.76 bits per heavy atom. The van der Waals surface area contributed by atoms with Gasteiger partial charge in [-0.25, -0.2) is 0 Å². The molecule has 0 radical (unpaired) electrons. The highest BCUT2D eigenvalue weighted by molar-refractivity contribution is 6.17. The van der Waals surface area contributed by atoms with Crippen LogP contribution in [0.2, 0.25) is 0 Å². The molecule has 190 valence electrons. The van der Waals surface area contributed by atoms with Crippen LogP contribution in [-0.4, -0.2) is 100 Å². The monoisotopic (exact) mass is 498 g/mol. The zero-order valence-electron chi connectivity index (χ0n) is 19.1. The molecule has 1 saturated heterocycles. The van der Waals surface area contributed by atoms with Crippen molar-refractivity contribution in [1.29, 1.82) is 0 Å². The highest BCUT2D eigenvalue weighted by Crippen LogP contribution is 2.29. The van der Waals surface area contributed by atoms with E-state index in [4.69, 9.17) is 49.5 Å². The van der Waals surface area contributed by atoms with Gasteiger partial charge >= 0.3 is 23.9 Å². The van der Waals surface area contributed by atoms with Crippen molar-refractivity contribution in [1.82, 2.24) is 0 Å². The van der Waals surface area contributed by atoms with Crippen LogP contribution in [-0.2, 0) is 57.1 Å². The molecule has 13 heteroatoms. The highest BCUT2D eigenvalue weighted by atomic mass is 35.5.